The Morgan fingerprint density at radius 2 is 1.97 bits per heavy atom. The van der Waals surface area contributed by atoms with Crippen LogP contribution in [0.1, 0.15) is 23.4 Å². The van der Waals surface area contributed by atoms with Crippen molar-refractivity contribution in [3.63, 3.8) is 0 Å². The van der Waals surface area contributed by atoms with Crippen molar-refractivity contribution in [3.8, 4) is 29.0 Å². The first-order chi connectivity index (χ1) is 14.8. The molecule has 31 heavy (non-hydrogen) atoms. The van der Waals surface area contributed by atoms with Gasteiger partial charge in [-0.1, -0.05) is 23.1 Å². The van der Waals surface area contributed by atoms with Crippen LogP contribution in [0.25, 0.3) is 11.4 Å². The molecule has 3 aromatic rings. The molecule has 0 saturated carbocycles. The molecule has 1 heterocycles. The zero-order valence-electron chi connectivity index (χ0n) is 16.5. The number of carbonyl (C=O) groups is 1. The molecular weight excluding hydrogens is 411 g/mol. The van der Waals surface area contributed by atoms with Gasteiger partial charge in [-0.05, 0) is 42.5 Å². The fraction of sp³-hybridized carbons (Fsp3) is 0.227. The predicted molar refractivity (Wildman–Crippen MR) is 106 cm³/mol. The molecule has 0 radical (unpaired) electrons. The van der Waals surface area contributed by atoms with E-state index in [2.05, 4.69) is 27.3 Å². The number of hydrogen-bond acceptors (Lipinski definition) is 5. The van der Waals surface area contributed by atoms with Crippen molar-refractivity contribution in [1.29, 1.82) is 0 Å². The molecule has 3 rings (SSSR count). The van der Waals surface area contributed by atoms with Crippen LogP contribution < -0.4 is 10.1 Å². The summed E-state index contributed by atoms with van der Waals surface area (Å²) in [6, 6.07) is 11.8. The third-order valence-corrected chi connectivity index (χ3v) is 4.18. The largest absolute Gasteiger partial charge is 0.497 e. The smallest absolute Gasteiger partial charge is 0.416 e. The minimum atomic E-state index is -4.42. The Labute approximate surface area is 176 Å². The number of aromatic nitrogens is 2. The molecule has 0 aliphatic carbocycles. The Kier molecular flexibility index (Phi) is 6.92. The average Bonchev–Trinajstić information content (AvgIpc) is 3.24. The number of nitrogens with zero attached hydrogens (tertiary/aromatic N) is 2. The van der Waals surface area contributed by atoms with Gasteiger partial charge in [0.25, 0.3) is 0 Å². The van der Waals surface area contributed by atoms with Gasteiger partial charge in [0.15, 0.2) is 0 Å². The molecule has 1 N–H and O–H groups in total. The molecule has 0 bridgehead atoms. The summed E-state index contributed by atoms with van der Waals surface area (Å²) in [5.41, 5.74) is 0.211. The standard InChI is InChI=1S/C22H18F3N3O3/c1-30-18-9-7-16(8-10-18)21-27-20(31-28-21)12-11-19(29)26-13-3-5-15-4-2-6-17(14-15)22(23,24)25/h2,4,6-10,14H,11-13H2,1H3,(H,26,29). The highest BCUT2D eigenvalue weighted by atomic mass is 19.4. The van der Waals surface area contributed by atoms with Gasteiger partial charge in [-0.2, -0.15) is 18.2 Å². The summed E-state index contributed by atoms with van der Waals surface area (Å²) in [6.45, 7) is 0.00993. The highest BCUT2D eigenvalue weighted by molar-refractivity contribution is 5.76. The average molecular weight is 429 g/mol. The monoisotopic (exact) mass is 429 g/mol. The van der Waals surface area contributed by atoms with E-state index in [-0.39, 0.29) is 30.9 Å². The van der Waals surface area contributed by atoms with E-state index in [1.165, 1.54) is 12.1 Å². The van der Waals surface area contributed by atoms with Crippen molar-refractivity contribution in [2.45, 2.75) is 19.0 Å². The summed E-state index contributed by atoms with van der Waals surface area (Å²) in [6.07, 6.45) is -4.07. The minimum Gasteiger partial charge on any atom is -0.497 e. The first-order valence-electron chi connectivity index (χ1n) is 9.25. The van der Waals surface area contributed by atoms with Crippen molar-refractivity contribution in [1.82, 2.24) is 15.5 Å². The van der Waals surface area contributed by atoms with Crippen molar-refractivity contribution in [2.24, 2.45) is 0 Å². The maximum Gasteiger partial charge on any atom is 0.416 e. The summed E-state index contributed by atoms with van der Waals surface area (Å²) in [5.74, 6) is 6.38. The van der Waals surface area contributed by atoms with Gasteiger partial charge in [0.05, 0.1) is 19.2 Å². The van der Waals surface area contributed by atoms with Crippen LogP contribution in [0.3, 0.4) is 0 Å². The number of carbonyl (C=O) groups excluding carboxylic acids is 1. The van der Waals surface area contributed by atoms with Crippen LogP contribution in [-0.4, -0.2) is 29.7 Å². The number of hydrogen-bond donors (Lipinski definition) is 1. The van der Waals surface area contributed by atoms with Crippen LogP contribution in [-0.2, 0) is 17.4 Å². The minimum absolute atomic E-state index is 0.00993. The van der Waals surface area contributed by atoms with E-state index in [0.717, 1.165) is 17.7 Å². The van der Waals surface area contributed by atoms with Gasteiger partial charge in [-0.15, -0.1) is 0 Å². The number of alkyl halides is 3. The Morgan fingerprint density at radius 3 is 2.68 bits per heavy atom. The van der Waals surface area contributed by atoms with Crippen LogP contribution >= 0.6 is 0 Å². The molecule has 9 heteroatoms. The second kappa shape index (κ2) is 9.80. The second-order valence-electron chi connectivity index (χ2n) is 6.40. The lowest BCUT2D eigenvalue weighted by atomic mass is 10.1. The number of benzene rings is 2. The topological polar surface area (TPSA) is 77.2 Å². The van der Waals surface area contributed by atoms with Gasteiger partial charge in [-0.3, -0.25) is 4.79 Å². The van der Waals surface area contributed by atoms with Gasteiger partial charge in [0.1, 0.15) is 5.75 Å². The maximum absolute atomic E-state index is 12.7. The van der Waals surface area contributed by atoms with Gasteiger partial charge in [0, 0.05) is 24.0 Å². The Morgan fingerprint density at radius 1 is 1.19 bits per heavy atom. The van der Waals surface area contributed by atoms with Gasteiger partial charge in [-0.25, -0.2) is 0 Å². The molecule has 0 aliphatic heterocycles. The molecule has 6 nitrogen and oxygen atoms in total. The van der Waals surface area contributed by atoms with Crippen molar-refractivity contribution in [3.05, 3.63) is 65.5 Å². The number of nitrogens with one attached hydrogen (secondary N) is 1. The third-order valence-electron chi connectivity index (χ3n) is 4.18. The number of halogens is 3. The summed E-state index contributed by atoms with van der Waals surface area (Å²) in [4.78, 5) is 16.2. The fourth-order valence-electron chi connectivity index (χ4n) is 2.58. The summed E-state index contributed by atoms with van der Waals surface area (Å²) < 4.78 is 48.3. The number of methoxy groups -OCH3 is 1. The van der Waals surface area contributed by atoms with E-state index < -0.39 is 11.7 Å². The van der Waals surface area contributed by atoms with E-state index in [1.54, 1.807) is 31.4 Å². The summed E-state index contributed by atoms with van der Waals surface area (Å²) in [5, 5.41) is 6.47. The normalized spacial score (nSPS) is 10.8. The lowest BCUT2D eigenvalue weighted by molar-refractivity contribution is -0.137. The van der Waals surface area contributed by atoms with Crippen LogP contribution in [0, 0.1) is 11.8 Å². The van der Waals surface area contributed by atoms with Crippen molar-refractivity contribution < 1.29 is 27.2 Å². The quantitative estimate of drug-likeness (QED) is 0.602. The van der Waals surface area contributed by atoms with E-state index >= 15 is 0 Å². The molecular formula is C22H18F3N3O3. The molecule has 0 fully saturated rings. The van der Waals surface area contributed by atoms with Crippen LogP contribution in [0.4, 0.5) is 13.2 Å². The van der Waals surface area contributed by atoms with E-state index in [1.807, 2.05) is 0 Å². The molecule has 0 saturated heterocycles. The highest BCUT2D eigenvalue weighted by Crippen LogP contribution is 2.29. The highest BCUT2D eigenvalue weighted by Gasteiger charge is 2.30. The van der Waals surface area contributed by atoms with Crippen LogP contribution in [0.2, 0.25) is 0 Å². The number of rotatable bonds is 6. The molecule has 1 amide bonds. The molecule has 2 aromatic carbocycles. The Bertz CT molecular complexity index is 1100. The second-order valence-corrected chi connectivity index (χ2v) is 6.40. The predicted octanol–water partition coefficient (Wildman–Crippen LogP) is 3.86. The number of amides is 1. The SMILES string of the molecule is COc1ccc(-c2noc(CCC(=O)NCC#Cc3cccc(C(F)(F)F)c3)n2)cc1. The first kappa shape index (κ1) is 21.9. The van der Waals surface area contributed by atoms with Crippen LogP contribution in [0.5, 0.6) is 5.75 Å². The van der Waals surface area contributed by atoms with Gasteiger partial charge >= 0.3 is 6.18 Å². The third kappa shape index (κ3) is 6.34. The zero-order chi connectivity index (χ0) is 22.3. The van der Waals surface area contributed by atoms with Crippen molar-refractivity contribution >= 4 is 5.91 Å². The van der Waals surface area contributed by atoms with Crippen molar-refractivity contribution in [2.75, 3.05) is 13.7 Å². The molecule has 0 unspecified atom stereocenters. The fourth-order valence-corrected chi connectivity index (χ4v) is 2.58. The lowest BCUT2D eigenvalue weighted by Crippen LogP contribution is -2.23. The molecule has 0 spiro atoms. The zero-order valence-corrected chi connectivity index (χ0v) is 16.5. The van der Waals surface area contributed by atoms with E-state index in [4.69, 9.17) is 9.26 Å². The van der Waals surface area contributed by atoms with Gasteiger partial charge in [0.2, 0.25) is 17.6 Å². The summed E-state index contributed by atoms with van der Waals surface area (Å²) in [7, 11) is 1.57. The molecule has 160 valence electrons. The molecule has 0 atom stereocenters. The van der Waals surface area contributed by atoms with E-state index in [9.17, 15) is 18.0 Å². The Hall–Kier alpha value is -3.80. The van der Waals surface area contributed by atoms with Gasteiger partial charge < -0.3 is 14.6 Å². The first-order valence-corrected chi connectivity index (χ1v) is 9.25. The van der Waals surface area contributed by atoms with Crippen LogP contribution in [0.15, 0.2) is 53.1 Å². The molecule has 1 aromatic heterocycles. The lowest BCUT2D eigenvalue weighted by Gasteiger charge is -2.05. The number of aryl methyl sites for hydroxylation is 1. The number of ether oxygens (including phenoxy) is 1. The maximum atomic E-state index is 12.7. The van der Waals surface area contributed by atoms with E-state index in [0.29, 0.717) is 17.5 Å². The Balaban J connectivity index is 1.46. The molecule has 0 aliphatic rings. The summed E-state index contributed by atoms with van der Waals surface area (Å²) >= 11 is 0.